The maximum absolute atomic E-state index is 6.11. The highest BCUT2D eigenvalue weighted by molar-refractivity contribution is 5.46. The number of aryl methyl sites for hydroxylation is 2. The predicted molar refractivity (Wildman–Crippen MR) is 107 cm³/mol. The van der Waals surface area contributed by atoms with Crippen molar-refractivity contribution in [2.45, 2.75) is 32.2 Å². The van der Waals surface area contributed by atoms with Crippen LogP contribution in [0.4, 0.5) is 5.69 Å². The van der Waals surface area contributed by atoms with Gasteiger partial charge >= 0.3 is 0 Å². The van der Waals surface area contributed by atoms with Crippen molar-refractivity contribution in [1.29, 1.82) is 0 Å². The van der Waals surface area contributed by atoms with Crippen LogP contribution >= 0.6 is 0 Å². The molecule has 1 atom stereocenters. The Morgan fingerprint density at radius 3 is 2.32 bits per heavy atom. The van der Waals surface area contributed by atoms with Crippen molar-refractivity contribution in [2.75, 3.05) is 39.0 Å². The molecule has 1 fully saturated rings. The van der Waals surface area contributed by atoms with Gasteiger partial charge in [0.2, 0.25) is 0 Å². The van der Waals surface area contributed by atoms with Crippen molar-refractivity contribution in [3.63, 3.8) is 0 Å². The minimum absolute atomic E-state index is 0.513. The first kappa shape index (κ1) is 18.0. The Morgan fingerprint density at radius 1 is 0.960 bits per heavy atom. The molecule has 0 aromatic heterocycles. The molecule has 0 radical (unpaired) electrons. The molecule has 3 heteroatoms. The summed E-state index contributed by atoms with van der Waals surface area (Å²) in [5.74, 6) is 0. The standard InChI is InChI=1S/C22H31N3/c1-18-10-12-20(13-11-18)22(25-16-14-24(2)15-17-25)9-5-7-19-6-3-4-8-21(19)23/h3-4,6,8,10-13,22H,5,7,9,14-17,23H2,1-2H3. The van der Waals surface area contributed by atoms with E-state index in [9.17, 15) is 0 Å². The summed E-state index contributed by atoms with van der Waals surface area (Å²) in [4.78, 5) is 5.09. The number of hydrogen-bond acceptors (Lipinski definition) is 3. The molecular weight excluding hydrogens is 306 g/mol. The van der Waals surface area contributed by atoms with Gasteiger partial charge in [-0.3, -0.25) is 4.90 Å². The van der Waals surface area contributed by atoms with Crippen molar-refractivity contribution < 1.29 is 0 Å². The van der Waals surface area contributed by atoms with Crippen molar-refractivity contribution in [1.82, 2.24) is 9.80 Å². The number of piperazine rings is 1. The molecule has 0 aliphatic carbocycles. The average molecular weight is 338 g/mol. The number of rotatable bonds is 6. The van der Waals surface area contributed by atoms with Crippen LogP contribution in [0.3, 0.4) is 0 Å². The monoisotopic (exact) mass is 337 g/mol. The van der Waals surface area contributed by atoms with E-state index in [0.717, 1.165) is 38.3 Å². The first-order valence-corrected chi connectivity index (χ1v) is 9.46. The molecular formula is C22H31N3. The molecule has 0 saturated carbocycles. The predicted octanol–water partition coefficient (Wildman–Crippen LogP) is 3.89. The van der Waals surface area contributed by atoms with Gasteiger partial charge in [0.05, 0.1) is 0 Å². The number of para-hydroxylation sites is 1. The minimum Gasteiger partial charge on any atom is -0.399 e. The summed E-state index contributed by atoms with van der Waals surface area (Å²) in [6, 6.07) is 17.9. The van der Waals surface area contributed by atoms with Crippen LogP contribution in [0, 0.1) is 6.92 Å². The zero-order chi connectivity index (χ0) is 17.6. The number of hydrogen-bond donors (Lipinski definition) is 1. The van der Waals surface area contributed by atoms with Gasteiger partial charge in [0.15, 0.2) is 0 Å². The van der Waals surface area contributed by atoms with Crippen molar-refractivity contribution in [3.05, 3.63) is 65.2 Å². The Labute approximate surface area is 152 Å². The molecule has 3 nitrogen and oxygen atoms in total. The van der Waals surface area contributed by atoms with Crippen LogP contribution in [0.2, 0.25) is 0 Å². The quantitative estimate of drug-likeness (QED) is 0.812. The molecule has 1 unspecified atom stereocenters. The second kappa shape index (κ2) is 8.50. The second-order valence-electron chi connectivity index (χ2n) is 7.36. The fourth-order valence-electron chi connectivity index (χ4n) is 3.73. The molecule has 134 valence electrons. The molecule has 25 heavy (non-hydrogen) atoms. The van der Waals surface area contributed by atoms with E-state index >= 15 is 0 Å². The highest BCUT2D eigenvalue weighted by Gasteiger charge is 2.23. The molecule has 1 saturated heterocycles. The largest absolute Gasteiger partial charge is 0.399 e. The lowest BCUT2D eigenvalue weighted by Crippen LogP contribution is -2.46. The highest BCUT2D eigenvalue weighted by atomic mass is 15.3. The smallest absolute Gasteiger partial charge is 0.0349 e. The van der Waals surface area contributed by atoms with Crippen molar-refractivity contribution in [2.24, 2.45) is 0 Å². The van der Waals surface area contributed by atoms with Crippen molar-refractivity contribution in [3.8, 4) is 0 Å². The van der Waals surface area contributed by atoms with E-state index in [1.807, 2.05) is 12.1 Å². The third-order valence-electron chi connectivity index (χ3n) is 5.42. The lowest BCUT2D eigenvalue weighted by molar-refractivity contribution is 0.105. The van der Waals surface area contributed by atoms with Gasteiger partial charge in [-0.2, -0.15) is 0 Å². The van der Waals surface area contributed by atoms with Crippen LogP contribution in [0.5, 0.6) is 0 Å². The molecule has 0 bridgehead atoms. The second-order valence-corrected chi connectivity index (χ2v) is 7.36. The highest BCUT2D eigenvalue weighted by Crippen LogP contribution is 2.28. The van der Waals surface area contributed by atoms with Gasteiger partial charge in [0, 0.05) is 37.9 Å². The molecule has 0 spiro atoms. The van der Waals surface area contributed by atoms with E-state index in [4.69, 9.17) is 5.73 Å². The maximum Gasteiger partial charge on any atom is 0.0349 e. The van der Waals surface area contributed by atoms with Gasteiger partial charge in [-0.15, -0.1) is 0 Å². The minimum atomic E-state index is 0.513. The van der Waals surface area contributed by atoms with Gasteiger partial charge < -0.3 is 10.6 Å². The van der Waals surface area contributed by atoms with E-state index < -0.39 is 0 Å². The summed E-state index contributed by atoms with van der Waals surface area (Å²) in [5, 5.41) is 0. The Hall–Kier alpha value is -1.84. The van der Waals surface area contributed by atoms with E-state index in [1.165, 1.54) is 29.5 Å². The topological polar surface area (TPSA) is 32.5 Å². The normalized spacial score (nSPS) is 17.5. The number of nitrogen functional groups attached to an aromatic ring is 1. The average Bonchev–Trinajstić information content (AvgIpc) is 2.62. The van der Waals surface area contributed by atoms with E-state index in [-0.39, 0.29) is 0 Å². The van der Waals surface area contributed by atoms with Gasteiger partial charge in [0.1, 0.15) is 0 Å². The molecule has 2 aromatic rings. The summed E-state index contributed by atoms with van der Waals surface area (Å²) < 4.78 is 0. The van der Waals surface area contributed by atoms with E-state index in [1.54, 1.807) is 0 Å². The summed E-state index contributed by atoms with van der Waals surface area (Å²) in [5.41, 5.74) is 11.1. The molecule has 1 heterocycles. The van der Waals surface area contributed by atoms with Gasteiger partial charge in [-0.25, -0.2) is 0 Å². The van der Waals surface area contributed by atoms with Crippen LogP contribution in [-0.2, 0) is 6.42 Å². The molecule has 2 aromatic carbocycles. The lowest BCUT2D eigenvalue weighted by Gasteiger charge is -2.38. The Bertz CT molecular complexity index is 657. The zero-order valence-electron chi connectivity index (χ0n) is 15.6. The van der Waals surface area contributed by atoms with Gasteiger partial charge in [0.25, 0.3) is 0 Å². The fourth-order valence-corrected chi connectivity index (χ4v) is 3.73. The number of likely N-dealkylation sites (N-methyl/N-ethyl adjacent to an activating group) is 1. The van der Waals surface area contributed by atoms with Crippen LogP contribution in [0.1, 0.15) is 35.6 Å². The maximum atomic E-state index is 6.11. The summed E-state index contributed by atoms with van der Waals surface area (Å²) in [6.45, 7) is 6.79. The van der Waals surface area contributed by atoms with Crippen LogP contribution in [-0.4, -0.2) is 43.0 Å². The van der Waals surface area contributed by atoms with Crippen LogP contribution in [0.15, 0.2) is 48.5 Å². The first-order chi connectivity index (χ1) is 12.1. The molecule has 1 aliphatic rings. The number of nitrogens with two attached hydrogens (primary N) is 1. The lowest BCUT2D eigenvalue weighted by atomic mass is 9.96. The Kier molecular flexibility index (Phi) is 6.11. The summed E-state index contributed by atoms with van der Waals surface area (Å²) in [6.07, 6.45) is 3.41. The Morgan fingerprint density at radius 2 is 1.64 bits per heavy atom. The van der Waals surface area contributed by atoms with Gasteiger partial charge in [-0.1, -0.05) is 48.0 Å². The van der Waals surface area contributed by atoms with Crippen LogP contribution in [0.25, 0.3) is 0 Å². The molecule has 3 rings (SSSR count). The van der Waals surface area contributed by atoms with Crippen molar-refractivity contribution >= 4 is 5.69 Å². The zero-order valence-corrected chi connectivity index (χ0v) is 15.6. The number of benzene rings is 2. The third kappa shape index (κ3) is 4.83. The molecule has 0 amide bonds. The van der Waals surface area contributed by atoms with Crippen LogP contribution < -0.4 is 5.73 Å². The summed E-state index contributed by atoms with van der Waals surface area (Å²) in [7, 11) is 2.22. The third-order valence-corrected chi connectivity index (χ3v) is 5.42. The van der Waals surface area contributed by atoms with Gasteiger partial charge in [-0.05, 0) is 50.4 Å². The molecule has 1 aliphatic heterocycles. The van der Waals surface area contributed by atoms with E-state index in [0.29, 0.717) is 6.04 Å². The number of nitrogens with zero attached hydrogens (tertiary/aromatic N) is 2. The first-order valence-electron chi connectivity index (χ1n) is 9.46. The Balaban J connectivity index is 1.68. The van der Waals surface area contributed by atoms with E-state index in [2.05, 4.69) is 60.2 Å². The SMILES string of the molecule is Cc1ccc(C(CCCc2ccccc2N)N2CCN(C)CC2)cc1. The molecule has 2 N–H and O–H groups in total. The fraction of sp³-hybridized carbons (Fsp3) is 0.455. The number of anilines is 1. The summed E-state index contributed by atoms with van der Waals surface area (Å²) >= 11 is 0.